The topological polar surface area (TPSA) is 64.4 Å². The van der Waals surface area contributed by atoms with Gasteiger partial charge in [0.05, 0.1) is 32.6 Å². The Bertz CT molecular complexity index is 1310. The van der Waals surface area contributed by atoms with E-state index >= 15 is 0 Å². The van der Waals surface area contributed by atoms with Crippen LogP contribution >= 0.6 is 11.3 Å². The molecular formula is C28H24N2O3S. The molecule has 0 unspecified atom stereocenters. The Labute approximate surface area is 203 Å². The minimum atomic E-state index is 0.464. The normalized spacial score (nSPS) is 11.1. The van der Waals surface area contributed by atoms with E-state index in [9.17, 15) is 5.26 Å². The first-order valence-electron chi connectivity index (χ1n) is 10.7. The molecule has 0 fully saturated rings. The minimum absolute atomic E-state index is 0.464. The molecule has 0 saturated carbocycles. The van der Waals surface area contributed by atoms with Gasteiger partial charge in [0, 0.05) is 10.9 Å². The van der Waals surface area contributed by atoms with Crippen LogP contribution in [0.4, 0.5) is 0 Å². The molecule has 0 atom stereocenters. The van der Waals surface area contributed by atoms with E-state index in [0.29, 0.717) is 27.8 Å². The predicted octanol–water partition coefficient (Wildman–Crippen LogP) is 6.49. The van der Waals surface area contributed by atoms with Crippen LogP contribution in [-0.2, 0) is 6.42 Å². The van der Waals surface area contributed by atoms with Crippen LogP contribution in [0.3, 0.4) is 0 Å². The lowest BCUT2D eigenvalue weighted by atomic mass is 10.0. The molecule has 4 rings (SSSR count). The Morgan fingerprint density at radius 2 is 1.56 bits per heavy atom. The summed E-state index contributed by atoms with van der Waals surface area (Å²) in [7, 11) is 4.68. The lowest BCUT2D eigenvalue weighted by Crippen LogP contribution is -1.95. The average Bonchev–Trinajstić information content (AvgIpc) is 3.37. The third-order valence-corrected chi connectivity index (χ3v) is 6.23. The molecule has 6 heteroatoms. The minimum Gasteiger partial charge on any atom is -0.493 e. The van der Waals surface area contributed by atoms with Crippen LogP contribution in [0.5, 0.6) is 17.2 Å². The summed E-state index contributed by atoms with van der Waals surface area (Å²) in [5, 5.41) is 12.4. The highest BCUT2D eigenvalue weighted by atomic mass is 32.1. The molecule has 0 spiro atoms. The van der Waals surface area contributed by atoms with Gasteiger partial charge in [-0.1, -0.05) is 54.6 Å². The van der Waals surface area contributed by atoms with Crippen LogP contribution in [-0.4, -0.2) is 26.3 Å². The van der Waals surface area contributed by atoms with Crippen molar-refractivity contribution in [2.75, 3.05) is 21.3 Å². The van der Waals surface area contributed by atoms with E-state index < -0.39 is 0 Å². The number of methoxy groups -OCH3 is 3. The van der Waals surface area contributed by atoms with Crippen molar-refractivity contribution < 1.29 is 14.2 Å². The Balaban J connectivity index is 1.58. The van der Waals surface area contributed by atoms with Crippen molar-refractivity contribution in [2.45, 2.75) is 6.42 Å². The van der Waals surface area contributed by atoms with Gasteiger partial charge in [-0.05, 0) is 41.3 Å². The van der Waals surface area contributed by atoms with Crippen LogP contribution in [0.1, 0.15) is 21.7 Å². The van der Waals surface area contributed by atoms with E-state index in [0.717, 1.165) is 23.2 Å². The highest BCUT2D eigenvalue weighted by Gasteiger charge is 2.14. The van der Waals surface area contributed by atoms with Crippen molar-refractivity contribution in [3.63, 3.8) is 0 Å². The van der Waals surface area contributed by atoms with Crippen molar-refractivity contribution in [2.24, 2.45) is 0 Å². The number of aromatic nitrogens is 1. The van der Waals surface area contributed by atoms with Gasteiger partial charge in [-0.15, -0.1) is 11.3 Å². The number of hydrogen-bond acceptors (Lipinski definition) is 6. The summed E-state index contributed by atoms with van der Waals surface area (Å²) in [5.74, 6) is 1.56. The van der Waals surface area contributed by atoms with Crippen LogP contribution in [0.15, 0.2) is 72.1 Å². The third-order valence-electron chi connectivity index (χ3n) is 5.35. The van der Waals surface area contributed by atoms with Gasteiger partial charge < -0.3 is 14.2 Å². The molecule has 4 aromatic rings. The van der Waals surface area contributed by atoms with E-state index in [2.05, 4.69) is 54.6 Å². The number of hydrogen-bond donors (Lipinski definition) is 0. The molecule has 0 N–H and O–H groups in total. The molecule has 1 heterocycles. The van der Waals surface area contributed by atoms with Crippen LogP contribution in [0, 0.1) is 11.3 Å². The number of nitriles is 1. The summed E-state index contributed by atoms with van der Waals surface area (Å²) in [4.78, 5) is 4.72. The van der Waals surface area contributed by atoms with Gasteiger partial charge in [0.15, 0.2) is 11.5 Å². The number of benzene rings is 3. The van der Waals surface area contributed by atoms with Gasteiger partial charge in [0.25, 0.3) is 0 Å². The van der Waals surface area contributed by atoms with Gasteiger partial charge in [0.2, 0.25) is 5.75 Å². The smallest absolute Gasteiger partial charge is 0.203 e. The summed E-state index contributed by atoms with van der Waals surface area (Å²) < 4.78 is 16.2. The molecule has 3 aromatic carbocycles. The Kier molecular flexibility index (Phi) is 7.26. The maximum Gasteiger partial charge on any atom is 0.203 e. The molecule has 5 nitrogen and oxygen atoms in total. The second kappa shape index (κ2) is 10.7. The van der Waals surface area contributed by atoms with E-state index in [1.807, 2.05) is 11.4 Å². The Morgan fingerprint density at radius 3 is 2.15 bits per heavy atom. The van der Waals surface area contributed by atoms with Crippen molar-refractivity contribution in [3.8, 4) is 34.6 Å². The molecule has 170 valence electrons. The maximum absolute atomic E-state index is 9.81. The number of ether oxygens (including phenoxy) is 3. The summed E-state index contributed by atoms with van der Waals surface area (Å²) >= 11 is 1.44. The van der Waals surface area contributed by atoms with E-state index in [4.69, 9.17) is 19.2 Å². The fraction of sp³-hybridized carbons (Fsp3) is 0.143. The van der Waals surface area contributed by atoms with Gasteiger partial charge in [-0.3, -0.25) is 0 Å². The van der Waals surface area contributed by atoms with Gasteiger partial charge in [-0.2, -0.15) is 5.26 Å². The highest BCUT2D eigenvalue weighted by molar-refractivity contribution is 7.11. The SMILES string of the molecule is COc1cc(/C=C(/C#N)c2nc(-c3ccc(Cc4ccccc4)cc3)cs2)cc(OC)c1OC. The molecule has 1 aromatic heterocycles. The monoisotopic (exact) mass is 468 g/mol. The summed E-state index contributed by atoms with van der Waals surface area (Å²) in [5.41, 5.74) is 5.60. The molecule has 0 aliphatic rings. The largest absolute Gasteiger partial charge is 0.493 e. The van der Waals surface area contributed by atoms with E-state index in [-0.39, 0.29) is 0 Å². The molecule has 0 aliphatic carbocycles. The van der Waals surface area contributed by atoms with E-state index in [1.165, 1.54) is 22.5 Å². The zero-order valence-electron chi connectivity index (χ0n) is 19.2. The first-order chi connectivity index (χ1) is 16.6. The number of allylic oxidation sites excluding steroid dienone is 1. The molecular weight excluding hydrogens is 444 g/mol. The molecule has 0 radical (unpaired) electrons. The highest BCUT2D eigenvalue weighted by Crippen LogP contribution is 2.39. The summed E-state index contributed by atoms with van der Waals surface area (Å²) in [6.07, 6.45) is 2.66. The van der Waals surface area contributed by atoms with Gasteiger partial charge >= 0.3 is 0 Å². The van der Waals surface area contributed by atoms with Crippen LogP contribution in [0.2, 0.25) is 0 Å². The second-order valence-corrected chi connectivity index (χ2v) is 8.38. The molecule has 0 aliphatic heterocycles. The lowest BCUT2D eigenvalue weighted by Gasteiger charge is -2.13. The maximum atomic E-state index is 9.81. The summed E-state index contributed by atoms with van der Waals surface area (Å²) in [6.45, 7) is 0. The zero-order chi connectivity index (χ0) is 23.9. The first kappa shape index (κ1) is 23.1. The van der Waals surface area contributed by atoms with Crippen molar-refractivity contribution in [1.82, 2.24) is 4.98 Å². The third kappa shape index (κ3) is 5.11. The van der Waals surface area contributed by atoms with E-state index in [1.54, 1.807) is 39.5 Å². The van der Waals surface area contributed by atoms with Gasteiger partial charge in [-0.25, -0.2) is 4.98 Å². The molecule has 0 amide bonds. The quantitative estimate of drug-likeness (QED) is 0.277. The fourth-order valence-electron chi connectivity index (χ4n) is 3.65. The number of nitrogens with zero attached hydrogens (tertiary/aromatic N) is 2. The first-order valence-corrected chi connectivity index (χ1v) is 11.5. The van der Waals surface area contributed by atoms with Crippen molar-refractivity contribution in [1.29, 1.82) is 5.26 Å². The molecule has 34 heavy (non-hydrogen) atoms. The second-order valence-electron chi connectivity index (χ2n) is 7.53. The molecule has 0 saturated heterocycles. The van der Waals surface area contributed by atoms with Crippen molar-refractivity contribution in [3.05, 3.63) is 93.8 Å². The van der Waals surface area contributed by atoms with Gasteiger partial charge in [0.1, 0.15) is 11.1 Å². The number of thiazole rings is 1. The Morgan fingerprint density at radius 1 is 0.912 bits per heavy atom. The zero-order valence-corrected chi connectivity index (χ0v) is 20.1. The fourth-order valence-corrected chi connectivity index (χ4v) is 4.44. The predicted molar refractivity (Wildman–Crippen MR) is 136 cm³/mol. The summed E-state index contributed by atoms with van der Waals surface area (Å²) in [6, 6.07) is 24.7. The average molecular weight is 469 g/mol. The van der Waals surface area contributed by atoms with Crippen molar-refractivity contribution >= 4 is 23.0 Å². The number of rotatable bonds is 8. The van der Waals surface area contributed by atoms with Crippen LogP contribution < -0.4 is 14.2 Å². The Hall–Kier alpha value is -4.08. The standard InChI is InChI=1S/C28H24N2O3S/c1-31-25-15-21(16-26(32-2)27(25)33-3)14-23(17-29)28-30-24(18-34-28)22-11-9-20(10-12-22)13-19-7-5-4-6-8-19/h4-12,14-16,18H,13H2,1-3H3/b23-14-. The molecule has 0 bridgehead atoms. The van der Waals surface area contributed by atoms with Crippen LogP contribution in [0.25, 0.3) is 22.9 Å². The lowest BCUT2D eigenvalue weighted by molar-refractivity contribution is 0.324.